The number of allylic oxidation sites excluding steroid dienone is 6. The quantitative estimate of drug-likeness (QED) is 0.107. The van der Waals surface area contributed by atoms with Gasteiger partial charge in [0.25, 0.3) is 0 Å². The summed E-state index contributed by atoms with van der Waals surface area (Å²) in [4.78, 5) is 4.76. The molecule has 0 saturated heterocycles. The van der Waals surface area contributed by atoms with Gasteiger partial charge in [0.1, 0.15) is 0 Å². The summed E-state index contributed by atoms with van der Waals surface area (Å²) in [6, 6.07) is 76.1. The first-order valence-corrected chi connectivity index (χ1v) is 21.3. The van der Waals surface area contributed by atoms with Crippen LogP contribution in [0.4, 0.5) is 28.4 Å². The predicted molar refractivity (Wildman–Crippen MR) is 266 cm³/mol. The molecule has 1 atom stereocenters. The van der Waals surface area contributed by atoms with Crippen LogP contribution in [0.15, 0.2) is 261 Å². The minimum Gasteiger partial charge on any atom is -0.334 e. The molecule has 2 heteroatoms. The standard InChI is InChI=1S/C60H48N2/c1-2-47(21-15-18-46-16-7-3-8-17-46)49-30-38-57(39-31-49)61(55-22-11-5-12-23-55)59-42-34-53(35-43-59)54-36-44-60(45-37-54)62(56-24-13-6-14-25-56)58-40-32-52(33-41-58)51-28-26-50(27-29-51)48-19-9-4-10-20-48/h2-24,26-45,56H,1,25H2/b18-15+,47-21+. The van der Waals surface area contributed by atoms with E-state index >= 15 is 0 Å². The van der Waals surface area contributed by atoms with E-state index in [1.165, 1.54) is 44.6 Å². The van der Waals surface area contributed by atoms with Gasteiger partial charge < -0.3 is 9.80 Å². The molecule has 0 radical (unpaired) electrons. The lowest BCUT2D eigenvalue weighted by Gasteiger charge is -2.33. The van der Waals surface area contributed by atoms with E-state index in [1.54, 1.807) is 0 Å². The zero-order valence-electron chi connectivity index (χ0n) is 34.7. The Kier molecular flexibility index (Phi) is 12.1. The molecule has 8 aromatic carbocycles. The Bertz CT molecular complexity index is 2820. The van der Waals surface area contributed by atoms with E-state index in [0.29, 0.717) is 0 Å². The molecule has 0 fully saturated rings. The van der Waals surface area contributed by atoms with Crippen molar-refractivity contribution >= 4 is 40.1 Å². The van der Waals surface area contributed by atoms with Crippen molar-refractivity contribution in [3.05, 3.63) is 273 Å². The van der Waals surface area contributed by atoms with Crippen molar-refractivity contribution in [1.82, 2.24) is 0 Å². The highest BCUT2D eigenvalue weighted by atomic mass is 15.2. The summed E-state index contributed by atoms with van der Waals surface area (Å²) in [5, 5.41) is 0. The van der Waals surface area contributed by atoms with Gasteiger partial charge in [0.2, 0.25) is 0 Å². The van der Waals surface area contributed by atoms with Crippen LogP contribution >= 0.6 is 0 Å². The fourth-order valence-corrected chi connectivity index (χ4v) is 8.15. The Balaban J connectivity index is 0.942. The van der Waals surface area contributed by atoms with Crippen LogP contribution < -0.4 is 9.80 Å². The fraction of sp³-hybridized carbons (Fsp3) is 0.0333. The largest absolute Gasteiger partial charge is 0.334 e. The lowest BCUT2D eigenvalue weighted by molar-refractivity contribution is 0.785. The highest BCUT2D eigenvalue weighted by Crippen LogP contribution is 2.38. The molecule has 0 N–H and O–H groups in total. The molecule has 0 spiro atoms. The molecular weight excluding hydrogens is 749 g/mol. The maximum absolute atomic E-state index is 4.10. The Morgan fingerprint density at radius 2 is 0.855 bits per heavy atom. The SMILES string of the molecule is C=C/C(=C\C=C\c1ccccc1)c1ccc(N(c2ccccc2)c2ccc(-c3ccc(N(c4ccc(-c5ccc(-c6ccccc6)cc5)cc4)C4C=CC=CC4)cc3)cc2)cc1. The zero-order valence-corrected chi connectivity index (χ0v) is 34.7. The highest BCUT2D eigenvalue weighted by molar-refractivity contribution is 5.82. The van der Waals surface area contributed by atoms with Gasteiger partial charge in [-0.15, -0.1) is 0 Å². The second-order valence-electron chi connectivity index (χ2n) is 15.4. The average Bonchev–Trinajstić information content (AvgIpc) is 3.35. The summed E-state index contributed by atoms with van der Waals surface area (Å²) < 4.78 is 0. The van der Waals surface area contributed by atoms with E-state index in [1.807, 2.05) is 12.1 Å². The van der Waals surface area contributed by atoms with Crippen LogP contribution in [0.1, 0.15) is 17.5 Å². The van der Waals surface area contributed by atoms with Crippen molar-refractivity contribution in [3.63, 3.8) is 0 Å². The number of para-hydroxylation sites is 1. The lowest BCUT2D eigenvalue weighted by Crippen LogP contribution is -2.29. The maximum atomic E-state index is 4.10. The van der Waals surface area contributed by atoms with Crippen molar-refractivity contribution < 1.29 is 0 Å². The molecule has 0 amide bonds. The molecule has 0 aliphatic heterocycles. The van der Waals surface area contributed by atoms with E-state index in [-0.39, 0.29) is 6.04 Å². The Morgan fingerprint density at radius 3 is 1.34 bits per heavy atom. The molecule has 1 aliphatic rings. The van der Waals surface area contributed by atoms with Crippen LogP contribution in [0.2, 0.25) is 0 Å². The summed E-state index contributed by atoms with van der Waals surface area (Å²) in [5.74, 6) is 0. The van der Waals surface area contributed by atoms with Gasteiger partial charge in [0, 0.05) is 28.4 Å². The van der Waals surface area contributed by atoms with Crippen LogP contribution in [0.25, 0.3) is 45.0 Å². The first-order valence-electron chi connectivity index (χ1n) is 21.3. The van der Waals surface area contributed by atoms with Crippen molar-refractivity contribution in [2.24, 2.45) is 0 Å². The monoisotopic (exact) mass is 796 g/mol. The number of nitrogens with zero attached hydrogens (tertiary/aromatic N) is 2. The topological polar surface area (TPSA) is 6.48 Å². The summed E-state index contributed by atoms with van der Waals surface area (Å²) >= 11 is 0. The molecule has 0 saturated carbocycles. The van der Waals surface area contributed by atoms with Gasteiger partial charge in [0.05, 0.1) is 6.04 Å². The van der Waals surface area contributed by atoms with Crippen molar-refractivity contribution in [2.45, 2.75) is 12.5 Å². The predicted octanol–water partition coefficient (Wildman–Crippen LogP) is 16.5. The van der Waals surface area contributed by atoms with Crippen LogP contribution in [-0.4, -0.2) is 6.04 Å². The third-order valence-corrected chi connectivity index (χ3v) is 11.4. The molecule has 298 valence electrons. The normalized spacial score (nSPS) is 13.5. The van der Waals surface area contributed by atoms with E-state index in [9.17, 15) is 0 Å². The smallest absolute Gasteiger partial charge is 0.0559 e. The van der Waals surface area contributed by atoms with E-state index in [4.69, 9.17) is 0 Å². The van der Waals surface area contributed by atoms with Gasteiger partial charge in [-0.25, -0.2) is 0 Å². The third kappa shape index (κ3) is 9.11. The first kappa shape index (κ1) is 39.5. The second-order valence-corrected chi connectivity index (χ2v) is 15.4. The van der Waals surface area contributed by atoms with Crippen molar-refractivity contribution in [3.8, 4) is 33.4 Å². The Labute approximate surface area is 366 Å². The van der Waals surface area contributed by atoms with E-state index in [0.717, 1.165) is 40.3 Å². The van der Waals surface area contributed by atoms with Gasteiger partial charge in [0.15, 0.2) is 0 Å². The van der Waals surface area contributed by atoms with E-state index in [2.05, 4.69) is 265 Å². The number of hydrogen-bond donors (Lipinski definition) is 0. The van der Waals surface area contributed by atoms with Crippen LogP contribution in [0.5, 0.6) is 0 Å². The van der Waals surface area contributed by atoms with Crippen LogP contribution in [0, 0.1) is 0 Å². The third-order valence-electron chi connectivity index (χ3n) is 11.4. The Hall–Kier alpha value is -7.94. The molecule has 0 bridgehead atoms. The van der Waals surface area contributed by atoms with Crippen molar-refractivity contribution in [2.75, 3.05) is 9.80 Å². The van der Waals surface area contributed by atoms with Gasteiger partial charge in [-0.05, 0) is 117 Å². The van der Waals surface area contributed by atoms with Gasteiger partial charge in [-0.2, -0.15) is 0 Å². The molecule has 62 heavy (non-hydrogen) atoms. The lowest BCUT2D eigenvalue weighted by atomic mass is 9.99. The molecule has 1 aliphatic carbocycles. The number of rotatable bonds is 13. The molecule has 8 aromatic rings. The Morgan fingerprint density at radius 1 is 0.435 bits per heavy atom. The minimum atomic E-state index is 0.218. The number of hydrogen-bond acceptors (Lipinski definition) is 2. The summed E-state index contributed by atoms with van der Waals surface area (Å²) in [7, 11) is 0. The summed E-state index contributed by atoms with van der Waals surface area (Å²) in [6.07, 6.45) is 18.0. The number of benzene rings is 8. The zero-order chi connectivity index (χ0) is 41.9. The number of anilines is 5. The molecule has 1 unspecified atom stereocenters. The first-order chi connectivity index (χ1) is 30.7. The van der Waals surface area contributed by atoms with Gasteiger partial charge in [-0.3, -0.25) is 0 Å². The highest BCUT2D eigenvalue weighted by Gasteiger charge is 2.20. The average molecular weight is 797 g/mol. The van der Waals surface area contributed by atoms with Crippen LogP contribution in [0.3, 0.4) is 0 Å². The maximum Gasteiger partial charge on any atom is 0.0559 e. The summed E-state index contributed by atoms with van der Waals surface area (Å²) in [5.41, 5.74) is 16.2. The molecule has 0 aromatic heterocycles. The fourth-order valence-electron chi connectivity index (χ4n) is 8.15. The van der Waals surface area contributed by atoms with Gasteiger partial charge >= 0.3 is 0 Å². The van der Waals surface area contributed by atoms with Crippen molar-refractivity contribution in [1.29, 1.82) is 0 Å². The second kappa shape index (κ2) is 19.0. The van der Waals surface area contributed by atoms with Crippen LogP contribution in [-0.2, 0) is 0 Å². The molecule has 2 nitrogen and oxygen atoms in total. The summed E-state index contributed by atoms with van der Waals surface area (Å²) in [6.45, 7) is 4.10. The van der Waals surface area contributed by atoms with E-state index < -0.39 is 0 Å². The molecule has 0 heterocycles. The minimum absolute atomic E-state index is 0.218. The molecule has 9 rings (SSSR count). The van der Waals surface area contributed by atoms with Gasteiger partial charge in [-0.1, -0.05) is 207 Å². The molecular formula is C60H48N2.